The van der Waals surface area contributed by atoms with Crippen molar-refractivity contribution in [2.75, 3.05) is 6.61 Å². The fourth-order valence-corrected chi connectivity index (χ4v) is 3.06. The SMILES string of the molecule is CCOC(=O)c1c(C)nn(-c2ccccc2)c1-c1cccc(Cl)c1Cl. The first kappa shape index (κ1) is 17.5. The van der Waals surface area contributed by atoms with Crippen LogP contribution in [0.15, 0.2) is 48.5 Å². The van der Waals surface area contributed by atoms with Gasteiger partial charge in [-0.05, 0) is 32.0 Å². The predicted molar refractivity (Wildman–Crippen MR) is 99.7 cm³/mol. The normalized spacial score (nSPS) is 10.7. The molecule has 0 atom stereocenters. The van der Waals surface area contributed by atoms with Crippen molar-refractivity contribution in [2.24, 2.45) is 0 Å². The van der Waals surface area contributed by atoms with Crippen LogP contribution in [0.4, 0.5) is 0 Å². The lowest BCUT2D eigenvalue weighted by atomic mass is 10.1. The molecule has 0 bridgehead atoms. The summed E-state index contributed by atoms with van der Waals surface area (Å²) < 4.78 is 6.92. The van der Waals surface area contributed by atoms with E-state index in [1.165, 1.54) is 0 Å². The first-order valence-corrected chi connectivity index (χ1v) is 8.56. The van der Waals surface area contributed by atoms with E-state index < -0.39 is 5.97 Å². The van der Waals surface area contributed by atoms with Gasteiger partial charge in [0, 0.05) is 5.56 Å². The number of hydrogen-bond acceptors (Lipinski definition) is 3. The van der Waals surface area contributed by atoms with Gasteiger partial charge in [0.15, 0.2) is 0 Å². The number of nitrogens with zero attached hydrogens (tertiary/aromatic N) is 2. The number of hydrogen-bond donors (Lipinski definition) is 0. The van der Waals surface area contributed by atoms with Crippen LogP contribution in [0.2, 0.25) is 10.0 Å². The zero-order valence-electron chi connectivity index (χ0n) is 13.8. The summed E-state index contributed by atoms with van der Waals surface area (Å²) in [5.74, 6) is -0.437. The summed E-state index contributed by atoms with van der Waals surface area (Å²) in [6, 6.07) is 14.8. The number of para-hydroxylation sites is 1. The summed E-state index contributed by atoms with van der Waals surface area (Å²) in [6.45, 7) is 3.81. The Morgan fingerprint density at radius 3 is 2.52 bits per heavy atom. The first-order chi connectivity index (χ1) is 12.0. The highest BCUT2D eigenvalue weighted by Crippen LogP contribution is 2.37. The lowest BCUT2D eigenvalue weighted by Gasteiger charge is -2.12. The van der Waals surface area contributed by atoms with E-state index in [0.717, 1.165) is 5.69 Å². The molecule has 0 spiro atoms. The minimum absolute atomic E-state index is 0.275. The number of benzene rings is 2. The average molecular weight is 375 g/mol. The van der Waals surface area contributed by atoms with E-state index in [2.05, 4.69) is 5.10 Å². The van der Waals surface area contributed by atoms with Gasteiger partial charge >= 0.3 is 5.97 Å². The Bertz CT molecular complexity index is 921. The molecule has 1 aromatic heterocycles. The van der Waals surface area contributed by atoms with Gasteiger partial charge in [-0.1, -0.05) is 53.5 Å². The largest absolute Gasteiger partial charge is 0.462 e. The van der Waals surface area contributed by atoms with Crippen molar-refractivity contribution in [3.8, 4) is 16.9 Å². The van der Waals surface area contributed by atoms with Gasteiger partial charge in [-0.25, -0.2) is 9.48 Å². The molecular formula is C19H16Cl2N2O2. The highest BCUT2D eigenvalue weighted by atomic mass is 35.5. The van der Waals surface area contributed by atoms with E-state index in [-0.39, 0.29) is 6.61 Å². The van der Waals surface area contributed by atoms with Crippen LogP contribution in [-0.2, 0) is 4.74 Å². The molecule has 2 aromatic carbocycles. The molecule has 0 saturated carbocycles. The number of esters is 1. The van der Waals surface area contributed by atoms with Gasteiger partial charge in [0.2, 0.25) is 0 Å². The molecule has 0 aliphatic heterocycles. The quantitative estimate of drug-likeness (QED) is 0.579. The van der Waals surface area contributed by atoms with E-state index in [0.29, 0.717) is 32.6 Å². The summed E-state index contributed by atoms with van der Waals surface area (Å²) in [6.07, 6.45) is 0. The van der Waals surface area contributed by atoms with Crippen molar-refractivity contribution in [1.82, 2.24) is 9.78 Å². The van der Waals surface area contributed by atoms with Crippen molar-refractivity contribution in [3.63, 3.8) is 0 Å². The van der Waals surface area contributed by atoms with Crippen LogP contribution in [0.5, 0.6) is 0 Å². The van der Waals surface area contributed by atoms with Crippen LogP contribution < -0.4 is 0 Å². The van der Waals surface area contributed by atoms with Crippen LogP contribution in [0.25, 0.3) is 16.9 Å². The molecular weight excluding hydrogens is 359 g/mol. The van der Waals surface area contributed by atoms with Gasteiger partial charge in [-0.2, -0.15) is 5.10 Å². The highest BCUT2D eigenvalue weighted by molar-refractivity contribution is 6.43. The molecule has 0 radical (unpaired) electrons. The maximum atomic E-state index is 12.5. The van der Waals surface area contributed by atoms with Crippen LogP contribution in [-0.4, -0.2) is 22.4 Å². The van der Waals surface area contributed by atoms with Crippen LogP contribution in [0.1, 0.15) is 23.0 Å². The lowest BCUT2D eigenvalue weighted by molar-refractivity contribution is 0.0526. The third-order valence-corrected chi connectivity index (χ3v) is 4.57. The Hall–Kier alpha value is -2.30. The molecule has 3 rings (SSSR count). The second-order valence-corrected chi connectivity index (χ2v) is 6.16. The van der Waals surface area contributed by atoms with Gasteiger partial charge < -0.3 is 4.74 Å². The van der Waals surface area contributed by atoms with E-state index in [1.54, 1.807) is 30.7 Å². The van der Waals surface area contributed by atoms with Gasteiger partial charge in [0.1, 0.15) is 5.56 Å². The monoisotopic (exact) mass is 374 g/mol. The number of aromatic nitrogens is 2. The van der Waals surface area contributed by atoms with Crippen LogP contribution in [0.3, 0.4) is 0 Å². The zero-order valence-corrected chi connectivity index (χ0v) is 15.3. The molecule has 4 nitrogen and oxygen atoms in total. The van der Waals surface area contributed by atoms with E-state index in [4.69, 9.17) is 27.9 Å². The van der Waals surface area contributed by atoms with Gasteiger partial charge in [0.05, 0.1) is 33.7 Å². The predicted octanol–water partition coefficient (Wildman–Crippen LogP) is 5.33. The molecule has 0 saturated heterocycles. The second-order valence-electron chi connectivity index (χ2n) is 5.38. The zero-order chi connectivity index (χ0) is 18.0. The lowest BCUT2D eigenvalue weighted by Crippen LogP contribution is -2.08. The van der Waals surface area contributed by atoms with E-state index in [1.807, 2.05) is 36.4 Å². The maximum Gasteiger partial charge on any atom is 0.342 e. The summed E-state index contributed by atoms with van der Waals surface area (Å²) >= 11 is 12.6. The Balaban J connectivity index is 2.33. The van der Waals surface area contributed by atoms with Crippen molar-refractivity contribution >= 4 is 29.2 Å². The molecule has 0 aliphatic rings. The molecule has 0 N–H and O–H groups in total. The fourth-order valence-electron chi connectivity index (χ4n) is 2.67. The van der Waals surface area contributed by atoms with E-state index >= 15 is 0 Å². The topological polar surface area (TPSA) is 44.1 Å². The number of carbonyl (C=O) groups is 1. The minimum atomic E-state index is -0.437. The number of aryl methyl sites for hydroxylation is 1. The first-order valence-electron chi connectivity index (χ1n) is 7.81. The Morgan fingerprint density at radius 1 is 1.12 bits per heavy atom. The number of ether oxygens (including phenoxy) is 1. The van der Waals surface area contributed by atoms with Gasteiger partial charge in [-0.15, -0.1) is 0 Å². The third kappa shape index (κ3) is 3.28. The molecule has 128 valence electrons. The molecule has 0 fully saturated rings. The molecule has 6 heteroatoms. The summed E-state index contributed by atoms with van der Waals surface area (Å²) in [5.41, 5.74) is 2.95. The van der Waals surface area contributed by atoms with Crippen molar-refractivity contribution in [2.45, 2.75) is 13.8 Å². The van der Waals surface area contributed by atoms with Crippen molar-refractivity contribution in [3.05, 3.63) is 69.8 Å². The summed E-state index contributed by atoms with van der Waals surface area (Å²) in [5, 5.41) is 5.32. The Morgan fingerprint density at radius 2 is 1.84 bits per heavy atom. The summed E-state index contributed by atoms with van der Waals surface area (Å²) in [4.78, 5) is 12.5. The molecule has 25 heavy (non-hydrogen) atoms. The second kappa shape index (κ2) is 7.30. The molecule has 0 amide bonds. The Labute approximate surface area is 155 Å². The molecule has 1 heterocycles. The van der Waals surface area contributed by atoms with Crippen molar-refractivity contribution < 1.29 is 9.53 Å². The smallest absolute Gasteiger partial charge is 0.342 e. The van der Waals surface area contributed by atoms with Gasteiger partial charge in [-0.3, -0.25) is 0 Å². The van der Waals surface area contributed by atoms with Gasteiger partial charge in [0.25, 0.3) is 0 Å². The van der Waals surface area contributed by atoms with Crippen LogP contribution >= 0.6 is 23.2 Å². The van der Waals surface area contributed by atoms with Crippen molar-refractivity contribution in [1.29, 1.82) is 0 Å². The van der Waals surface area contributed by atoms with Crippen LogP contribution in [0, 0.1) is 6.92 Å². The third-order valence-electron chi connectivity index (χ3n) is 3.75. The minimum Gasteiger partial charge on any atom is -0.462 e. The highest BCUT2D eigenvalue weighted by Gasteiger charge is 2.26. The Kier molecular flexibility index (Phi) is 5.11. The summed E-state index contributed by atoms with van der Waals surface area (Å²) in [7, 11) is 0. The maximum absolute atomic E-state index is 12.5. The fraction of sp³-hybridized carbons (Fsp3) is 0.158. The molecule has 0 aliphatic carbocycles. The number of rotatable bonds is 4. The molecule has 0 unspecified atom stereocenters. The van der Waals surface area contributed by atoms with E-state index in [9.17, 15) is 4.79 Å². The number of halogens is 2. The number of carbonyl (C=O) groups excluding carboxylic acids is 1. The standard InChI is InChI=1S/C19H16Cl2N2O2/c1-3-25-19(24)16-12(2)22-23(13-8-5-4-6-9-13)18(16)14-10-7-11-15(20)17(14)21/h4-11H,3H2,1-2H3. The average Bonchev–Trinajstić information content (AvgIpc) is 2.95. The molecule has 3 aromatic rings.